The molecule has 2 fully saturated rings. The second kappa shape index (κ2) is 6.24. The maximum Gasteiger partial charge on any atom is 0.321 e. The quantitative estimate of drug-likeness (QED) is 0.879. The fraction of sp³-hybridized carbons (Fsp3) is 0.471. The first-order valence-electron chi connectivity index (χ1n) is 8.45. The predicted octanol–water partition coefficient (Wildman–Crippen LogP) is 1.83. The largest absolute Gasteiger partial charge is 0.391 e. The molecule has 0 radical (unpaired) electrons. The number of β-amino-alcohol motifs (C(OH)–C–C–N with tert-alkyl or cyclic N) is 1. The van der Waals surface area contributed by atoms with E-state index in [1.54, 1.807) is 17.2 Å². The lowest BCUT2D eigenvalue weighted by Crippen LogP contribution is -2.33. The molecule has 4 rings (SSSR count). The van der Waals surface area contributed by atoms with E-state index in [1.807, 2.05) is 12.1 Å². The molecule has 2 aromatic rings. The number of fused-ring (bicyclic) bond motifs is 1. The van der Waals surface area contributed by atoms with Crippen molar-refractivity contribution in [2.45, 2.75) is 25.4 Å². The first-order chi connectivity index (χ1) is 11.7. The van der Waals surface area contributed by atoms with Gasteiger partial charge in [-0.15, -0.1) is 0 Å². The number of carbonyl (C=O) groups excluding carboxylic acids is 1. The molecule has 0 unspecified atom stereocenters. The highest BCUT2D eigenvalue weighted by molar-refractivity contribution is 5.98. The Balaban J connectivity index is 1.61. The van der Waals surface area contributed by atoms with Crippen molar-refractivity contribution in [2.75, 3.05) is 36.4 Å². The number of likely N-dealkylation sites (tertiary alicyclic amines) is 1. The molecule has 4 heterocycles. The Bertz CT molecular complexity index is 760. The Hall–Kier alpha value is -2.41. The Labute approximate surface area is 140 Å². The molecule has 7 heteroatoms. The van der Waals surface area contributed by atoms with Gasteiger partial charge < -0.3 is 20.2 Å². The van der Waals surface area contributed by atoms with Gasteiger partial charge >= 0.3 is 6.03 Å². The molecule has 2 aliphatic rings. The second-order valence-corrected chi connectivity index (χ2v) is 6.41. The Morgan fingerprint density at radius 1 is 1.21 bits per heavy atom. The van der Waals surface area contributed by atoms with Crippen LogP contribution < -0.4 is 10.2 Å². The normalized spacial score (nSPS) is 20.8. The van der Waals surface area contributed by atoms with Crippen LogP contribution in [0.25, 0.3) is 11.0 Å². The summed E-state index contributed by atoms with van der Waals surface area (Å²) in [7, 11) is 0. The standard InChI is InChI=1S/C17H21N5O2/c23-12-6-10-22(11-12)17(24)19-14-5-7-18-13-3-4-15(20-16(13)14)21-8-1-2-9-21/h3-5,7,12,23H,1-2,6,8-11H2,(H,18,19,24)/t12-/m0/s1. The predicted molar refractivity (Wildman–Crippen MR) is 92.2 cm³/mol. The van der Waals surface area contributed by atoms with E-state index in [0.29, 0.717) is 30.7 Å². The fourth-order valence-corrected chi connectivity index (χ4v) is 3.36. The molecule has 2 N–H and O–H groups in total. The number of nitrogens with one attached hydrogen (secondary N) is 1. The minimum atomic E-state index is -0.426. The SMILES string of the molecule is O=C(Nc1ccnc2ccc(N3CCCC3)nc12)N1CC[C@H](O)C1. The van der Waals surface area contributed by atoms with Gasteiger partial charge in [0.05, 0.1) is 17.3 Å². The molecule has 0 bridgehead atoms. The van der Waals surface area contributed by atoms with Gasteiger partial charge in [0, 0.05) is 32.4 Å². The van der Waals surface area contributed by atoms with E-state index >= 15 is 0 Å². The number of aliphatic hydroxyl groups is 1. The molecular weight excluding hydrogens is 306 g/mol. The summed E-state index contributed by atoms with van der Waals surface area (Å²) in [6.45, 7) is 2.99. The smallest absolute Gasteiger partial charge is 0.321 e. The van der Waals surface area contributed by atoms with E-state index in [-0.39, 0.29) is 6.03 Å². The molecular formula is C17H21N5O2. The zero-order chi connectivity index (χ0) is 16.5. The number of hydrogen-bond donors (Lipinski definition) is 2. The molecule has 0 saturated carbocycles. The number of anilines is 2. The zero-order valence-corrected chi connectivity index (χ0v) is 13.5. The third kappa shape index (κ3) is 2.87. The van der Waals surface area contributed by atoms with E-state index in [2.05, 4.69) is 15.2 Å². The van der Waals surface area contributed by atoms with Crippen molar-refractivity contribution in [3.63, 3.8) is 0 Å². The summed E-state index contributed by atoms with van der Waals surface area (Å²) in [5, 5.41) is 12.5. The summed E-state index contributed by atoms with van der Waals surface area (Å²) in [5.41, 5.74) is 2.12. The van der Waals surface area contributed by atoms with Crippen LogP contribution in [-0.4, -0.2) is 58.3 Å². The van der Waals surface area contributed by atoms with Gasteiger partial charge in [0.15, 0.2) is 0 Å². The van der Waals surface area contributed by atoms with Gasteiger partial charge in [0.25, 0.3) is 0 Å². The topological polar surface area (TPSA) is 81.6 Å². The van der Waals surface area contributed by atoms with Crippen molar-refractivity contribution in [1.29, 1.82) is 0 Å². The van der Waals surface area contributed by atoms with Gasteiger partial charge in [-0.05, 0) is 37.5 Å². The molecule has 2 saturated heterocycles. The van der Waals surface area contributed by atoms with Crippen LogP contribution in [0.5, 0.6) is 0 Å². The maximum absolute atomic E-state index is 12.4. The van der Waals surface area contributed by atoms with Gasteiger partial charge in [-0.2, -0.15) is 0 Å². The molecule has 0 spiro atoms. The molecule has 0 aliphatic carbocycles. The van der Waals surface area contributed by atoms with E-state index in [1.165, 1.54) is 12.8 Å². The van der Waals surface area contributed by atoms with E-state index < -0.39 is 6.10 Å². The average Bonchev–Trinajstić information content (AvgIpc) is 3.26. The Morgan fingerprint density at radius 2 is 2.04 bits per heavy atom. The van der Waals surface area contributed by atoms with Crippen molar-refractivity contribution >= 4 is 28.6 Å². The van der Waals surface area contributed by atoms with Crippen LogP contribution in [0.1, 0.15) is 19.3 Å². The third-order valence-electron chi connectivity index (χ3n) is 4.69. The van der Waals surface area contributed by atoms with Gasteiger partial charge in [-0.3, -0.25) is 4.98 Å². The maximum atomic E-state index is 12.4. The number of carbonyl (C=O) groups is 1. The highest BCUT2D eigenvalue weighted by Gasteiger charge is 2.25. The summed E-state index contributed by atoms with van der Waals surface area (Å²) >= 11 is 0. The summed E-state index contributed by atoms with van der Waals surface area (Å²) in [5.74, 6) is 0.931. The van der Waals surface area contributed by atoms with Crippen molar-refractivity contribution < 1.29 is 9.90 Å². The number of urea groups is 1. The van der Waals surface area contributed by atoms with Crippen LogP contribution in [-0.2, 0) is 0 Å². The van der Waals surface area contributed by atoms with E-state index in [0.717, 1.165) is 24.4 Å². The molecule has 0 aromatic carbocycles. The molecule has 2 amide bonds. The first-order valence-corrected chi connectivity index (χ1v) is 8.45. The zero-order valence-electron chi connectivity index (χ0n) is 13.5. The van der Waals surface area contributed by atoms with E-state index in [4.69, 9.17) is 4.98 Å². The molecule has 1 atom stereocenters. The molecule has 2 aliphatic heterocycles. The number of aliphatic hydroxyl groups excluding tert-OH is 1. The van der Waals surface area contributed by atoms with Crippen LogP contribution in [0.4, 0.5) is 16.3 Å². The molecule has 7 nitrogen and oxygen atoms in total. The minimum absolute atomic E-state index is 0.201. The molecule has 2 aromatic heterocycles. The lowest BCUT2D eigenvalue weighted by Gasteiger charge is -2.19. The highest BCUT2D eigenvalue weighted by Crippen LogP contribution is 2.25. The third-order valence-corrected chi connectivity index (χ3v) is 4.69. The van der Waals surface area contributed by atoms with Crippen LogP contribution in [0, 0.1) is 0 Å². The first kappa shape index (κ1) is 15.1. The van der Waals surface area contributed by atoms with Gasteiger partial charge in [-0.1, -0.05) is 0 Å². The molecule has 24 heavy (non-hydrogen) atoms. The monoisotopic (exact) mass is 327 g/mol. The summed E-state index contributed by atoms with van der Waals surface area (Å²) in [4.78, 5) is 25.3. The van der Waals surface area contributed by atoms with Crippen molar-refractivity contribution in [3.05, 3.63) is 24.4 Å². The van der Waals surface area contributed by atoms with Gasteiger partial charge in [-0.25, -0.2) is 9.78 Å². The van der Waals surface area contributed by atoms with Crippen LogP contribution in [0.2, 0.25) is 0 Å². The Kier molecular flexibility index (Phi) is 3.93. The average molecular weight is 327 g/mol. The van der Waals surface area contributed by atoms with Crippen molar-refractivity contribution in [3.8, 4) is 0 Å². The lowest BCUT2D eigenvalue weighted by atomic mass is 10.2. The number of rotatable bonds is 2. The number of hydrogen-bond acceptors (Lipinski definition) is 5. The van der Waals surface area contributed by atoms with Crippen molar-refractivity contribution in [1.82, 2.24) is 14.9 Å². The highest BCUT2D eigenvalue weighted by atomic mass is 16.3. The lowest BCUT2D eigenvalue weighted by molar-refractivity contribution is 0.176. The van der Waals surface area contributed by atoms with Gasteiger partial charge in [0.2, 0.25) is 0 Å². The van der Waals surface area contributed by atoms with Crippen LogP contribution in [0.3, 0.4) is 0 Å². The number of pyridine rings is 2. The van der Waals surface area contributed by atoms with Crippen LogP contribution in [0.15, 0.2) is 24.4 Å². The minimum Gasteiger partial charge on any atom is -0.391 e. The van der Waals surface area contributed by atoms with Gasteiger partial charge in [0.1, 0.15) is 11.3 Å². The number of nitrogens with zero attached hydrogens (tertiary/aromatic N) is 4. The number of amides is 2. The second-order valence-electron chi connectivity index (χ2n) is 6.41. The summed E-state index contributed by atoms with van der Waals surface area (Å²) in [6, 6.07) is 5.51. The number of aromatic nitrogens is 2. The Morgan fingerprint density at radius 3 is 2.79 bits per heavy atom. The fourth-order valence-electron chi connectivity index (χ4n) is 3.36. The summed E-state index contributed by atoms with van der Waals surface area (Å²) < 4.78 is 0. The van der Waals surface area contributed by atoms with Crippen molar-refractivity contribution in [2.24, 2.45) is 0 Å². The molecule has 126 valence electrons. The van der Waals surface area contributed by atoms with Crippen LogP contribution >= 0.6 is 0 Å². The van der Waals surface area contributed by atoms with E-state index in [9.17, 15) is 9.90 Å². The summed E-state index contributed by atoms with van der Waals surface area (Å²) in [6.07, 6.45) is 4.25.